The minimum Gasteiger partial charge on any atom is -0.301 e. The second-order valence-electron chi connectivity index (χ2n) is 4.85. The Morgan fingerprint density at radius 3 is 2.44 bits per heavy atom. The number of rotatable bonds is 4. The Hall–Kier alpha value is -0.450. The van der Waals surface area contributed by atoms with E-state index in [2.05, 4.69) is 32.7 Å². The van der Waals surface area contributed by atoms with E-state index in [1.807, 2.05) is 6.07 Å². The Labute approximate surface area is 117 Å². The molecule has 0 unspecified atom stereocenters. The summed E-state index contributed by atoms with van der Waals surface area (Å²) in [7, 11) is 0. The Balaban J connectivity index is 1.87. The van der Waals surface area contributed by atoms with E-state index in [-0.39, 0.29) is 5.82 Å². The van der Waals surface area contributed by atoms with Gasteiger partial charge in [-0.1, -0.05) is 28.9 Å². The molecule has 2 rings (SSSR count). The first kappa shape index (κ1) is 14.0. The normalized spacial score (nSPS) is 18.2. The molecule has 0 aromatic heterocycles. The second kappa shape index (κ2) is 6.64. The minimum absolute atomic E-state index is 0.182. The van der Waals surface area contributed by atoms with E-state index < -0.39 is 0 Å². The van der Waals surface area contributed by atoms with Crippen LogP contribution in [0.2, 0.25) is 0 Å². The van der Waals surface area contributed by atoms with E-state index >= 15 is 0 Å². The van der Waals surface area contributed by atoms with Crippen LogP contribution in [0.1, 0.15) is 18.9 Å². The van der Waals surface area contributed by atoms with Gasteiger partial charge in [-0.15, -0.1) is 0 Å². The molecule has 100 valence electrons. The zero-order valence-corrected chi connectivity index (χ0v) is 12.4. The van der Waals surface area contributed by atoms with Gasteiger partial charge in [0.25, 0.3) is 0 Å². The monoisotopic (exact) mass is 314 g/mol. The van der Waals surface area contributed by atoms with Crippen molar-refractivity contribution in [2.24, 2.45) is 0 Å². The molecule has 1 saturated heterocycles. The smallest absolute Gasteiger partial charge is 0.124 e. The van der Waals surface area contributed by atoms with Crippen molar-refractivity contribution in [1.29, 1.82) is 0 Å². The molecule has 0 amide bonds. The van der Waals surface area contributed by atoms with E-state index in [1.54, 1.807) is 6.07 Å². The molecule has 1 aromatic carbocycles. The molecule has 0 atom stereocenters. The summed E-state index contributed by atoms with van der Waals surface area (Å²) in [6, 6.07) is 4.95. The highest BCUT2D eigenvalue weighted by Crippen LogP contribution is 2.20. The van der Waals surface area contributed by atoms with Crippen molar-refractivity contribution in [2.75, 3.05) is 32.7 Å². The SMILES string of the molecule is CCCN1CCN(Cc2ccc(F)cc2Br)CC1. The van der Waals surface area contributed by atoms with Crippen LogP contribution in [0.5, 0.6) is 0 Å². The molecule has 0 bridgehead atoms. The van der Waals surface area contributed by atoms with E-state index in [0.717, 1.165) is 37.2 Å². The van der Waals surface area contributed by atoms with Gasteiger partial charge in [-0.05, 0) is 30.7 Å². The second-order valence-corrected chi connectivity index (χ2v) is 5.71. The summed E-state index contributed by atoms with van der Waals surface area (Å²) in [5.74, 6) is -0.182. The summed E-state index contributed by atoms with van der Waals surface area (Å²) in [5.41, 5.74) is 1.17. The maximum atomic E-state index is 13.0. The Morgan fingerprint density at radius 1 is 1.17 bits per heavy atom. The summed E-state index contributed by atoms with van der Waals surface area (Å²) in [6.07, 6.45) is 1.23. The zero-order valence-electron chi connectivity index (χ0n) is 10.8. The molecular formula is C14H20BrFN2. The van der Waals surface area contributed by atoms with Gasteiger partial charge >= 0.3 is 0 Å². The average Bonchev–Trinajstić information content (AvgIpc) is 2.35. The van der Waals surface area contributed by atoms with Gasteiger partial charge in [-0.2, -0.15) is 0 Å². The predicted octanol–water partition coefficient (Wildman–Crippen LogP) is 3.12. The molecule has 1 aromatic rings. The Morgan fingerprint density at radius 2 is 1.83 bits per heavy atom. The molecule has 2 nitrogen and oxygen atoms in total. The van der Waals surface area contributed by atoms with Crippen LogP contribution in [0.3, 0.4) is 0 Å². The third kappa shape index (κ3) is 3.77. The maximum absolute atomic E-state index is 13.0. The first-order valence-corrected chi connectivity index (χ1v) is 7.37. The van der Waals surface area contributed by atoms with Gasteiger partial charge in [0.05, 0.1) is 0 Å². The quantitative estimate of drug-likeness (QED) is 0.842. The molecule has 1 fully saturated rings. The molecule has 0 N–H and O–H groups in total. The molecule has 0 saturated carbocycles. The van der Waals surface area contributed by atoms with Gasteiger partial charge in [0, 0.05) is 37.2 Å². The lowest BCUT2D eigenvalue weighted by atomic mass is 10.2. The minimum atomic E-state index is -0.182. The van der Waals surface area contributed by atoms with Crippen LogP contribution >= 0.6 is 15.9 Å². The van der Waals surface area contributed by atoms with Crippen LogP contribution in [0.25, 0.3) is 0 Å². The van der Waals surface area contributed by atoms with E-state index in [9.17, 15) is 4.39 Å². The molecule has 0 radical (unpaired) electrons. The number of benzene rings is 1. The molecule has 0 spiro atoms. The van der Waals surface area contributed by atoms with Crippen molar-refractivity contribution in [2.45, 2.75) is 19.9 Å². The number of hydrogen-bond donors (Lipinski definition) is 0. The standard InChI is InChI=1S/C14H20BrFN2/c1-2-5-17-6-8-18(9-7-17)11-12-3-4-13(16)10-14(12)15/h3-4,10H,2,5-9,11H2,1H3. The lowest BCUT2D eigenvalue weighted by Crippen LogP contribution is -2.46. The fraction of sp³-hybridized carbons (Fsp3) is 0.571. The molecule has 4 heteroatoms. The van der Waals surface area contributed by atoms with Crippen molar-refractivity contribution in [3.05, 3.63) is 34.1 Å². The lowest BCUT2D eigenvalue weighted by Gasteiger charge is -2.34. The van der Waals surface area contributed by atoms with E-state index in [0.29, 0.717) is 0 Å². The molecule has 1 aliphatic rings. The Bertz CT molecular complexity index is 389. The van der Waals surface area contributed by atoms with Crippen molar-refractivity contribution in [3.63, 3.8) is 0 Å². The highest BCUT2D eigenvalue weighted by molar-refractivity contribution is 9.10. The molecule has 0 aliphatic carbocycles. The van der Waals surface area contributed by atoms with E-state index in [4.69, 9.17) is 0 Å². The average molecular weight is 315 g/mol. The van der Waals surface area contributed by atoms with Gasteiger partial charge in [0.15, 0.2) is 0 Å². The number of halogens is 2. The van der Waals surface area contributed by atoms with Crippen LogP contribution in [-0.2, 0) is 6.54 Å². The molecule has 1 heterocycles. The summed E-state index contributed by atoms with van der Waals surface area (Å²) < 4.78 is 13.9. The molecular weight excluding hydrogens is 295 g/mol. The fourth-order valence-corrected chi connectivity index (χ4v) is 2.85. The largest absolute Gasteiger partial charge is 0.301 e. The number of hydrogen-bond acceptors (Lipinski definition) is 2. The van der Waals surface area contributed by atoms with Crippen LogP contribution in [0, 0.1) is 5.82 Å². The van der Waals surface area contributed by atoms with Gasteiger partial charge in [-0.25, -0.2) is 4.39 Å². The summed E-state index contributed by atoms with van der Waals surface area (Å²) in [5, 5.41) is 0. The van der Waals surface area contributed by atoms with Crippen LogP contribution in [-0.4, -0.2) is 42.5 Å². The van der Waals surface area contributed by atoms with Gasteiger partial charge < -0.3 is 4.90 Å². The third-order valence-corrected chi connectivity index (χ3v) is 4.15. The highest BCUT2D eigenvalue weighted by atomic mass is 79.9. The summed E-state index contributed by atoms with van der Waals surface area (Å²) in [6.45, 7) is 8.82. The topological polar surface area (TPSA) is 6.48 Å². The first-order chi connectivity index (χ1) is 8.69. The fourth-order valence-electron chi connectivity index (χ4n) is 2.38. The third-order valence-electron chi connectivity index (χ3n) is 3.41. The van der Waals surface area contributed by atoms with Gasteiger partial charge in [0.2, 0.25) is 0 Å². The van der Waals surface area contributed by atoms with Crippen LogP contribution in [0.15, 0.2) is 22.7 Å². The summed E-state index contributed by atoms with van der Waals surface area (Å²) in [4.78, 5) is 4.94. The zero-order chi connectivity index (χ0) is 13.0. The van der Waals surface area contributed by atoms with Crippen LogP contribution < -0.4 is 0 Å². The maximum Gasteiger partial charge on any atom is 0.124 e. The summed E-state index contributed by atoms with van der Waals surface area (Å²) >= 11 is 3.43. The van der Waals surface area contributed by atoms with Gasteiger partial charge in [0.1, 0.15) is 5.82 Å². The highest BCUT2D eigenvalue weighted by Gasteiger charge is 2.16. The van der Waals surface area contributed by atoms with Crippen molar-refractivity contribution < 1.29 is 4.39 Å². The molecule has 18 heavy (non-hydrogen) atoms. The van der Waals surface area contributed by atoms with E-state index in [1.165, 1.54) is 24.6 Å². The molecule has 1 aliphatic heterocycles. The van der Waals surface area contributed by atoms with Crippen molar-refractivity contribution in [3.8, 4) is 0 Å². The lowest BCUT2D eigenvalue weighted by molar-refractivity contribution is 0.127. The first-order valence-electron chi connectivity index (χ1n) is 6.57. The number of piperazine rings is 1. The van der Waals surface area contributed by atoms with Crippen LogP contribution in [0.4, 0.5) is 4.39 Å². The van der Waals surface area contributed by atoms with Gasteiger partial charge in [-0.3, -0.25) is 4.90 Å². The number of nitrogens with zero attached hydrogens (tertiary/aromatic N) is 2. The van der Waals surface area contributed by atoms with Crippen molar-refractivity contribution in [1.82, 2.24) is 9.80 Å². The predicted molar refractivity (Wildman–Crippen MR) is 76.1 cm³/mol. The Kier molecular flexibility index (Phi) is 5.15. The van der Waals surface area contributed by atoms with Crippen molar-refractivity contribution >= 4 is 15.9 Å².